The van der Waals surface area contributed by atoms with Crippen molar-refractivity contribution >= 4 is 14.3 Å². The zero-order valence-corrected chi connectivity index (χ0v) is 18.5. The maximum absolute atomic E-state index is 12.1. The molecular weight excluding hydrogens is 368 g/mol. The molecular formula is C18H32N2O6Si. The normalized spacial score (nSPS) is 32.0. The van der Waals surface area contributed by atoms with Gasteiger partial charge in [0.25, 0.3) is 0 Å². The number of rotatable bonds is 5. The fourth-order valence-corrected chi connectivity index (χ4v) is 4.34. The molecule has 0 saturated carbocycles. The summed E-state index contributed by atoms with van der Waals surface area (Å²) in [4.78, 5) is 12.1. The zero-order chi connectivity index (χ0) is 20.8. The maximum Gasteiger partial charge on any atom is 0.324 e. The van der Waals surface area contributed by atoms with Gasteiger partial charge >= 0.3 is 5.97 Å². The van der Waals surface area contributed by atoms with Crippen LogP contribution in [0.3, 0.4) is 0 Å². The number of ether oxygens (including phenoxy) is 3. The summed E-state index contributed by atoms with van der Waals surface area (Å²) in [5.74, 6) is -2.78. The SMILES string of the molecule is COC(=O)C(C#N)C1[C@@H]2OC(C)(C)O[C@@H]2[C@@H](CO[Si](C)(C)C(C)(C)C)N1O. The fraction of sp³-hybridized carbons (Fsp3) is 0.889. The Labute approximate surface area is 162 Å². The second-order valence-corrected chi connectivity index (χ2v) is 14.0. The fourth-order valence-electron chi connectivity index (χ4n) is 3.32. The molecule has 2 heterocycles. The molecule has 154 valence electrons. The van der Waals surface area contributed by atoms with E-state index in [9.17, 15) is 15.3 Å². The Morgan fingerprint density at radius 3 is 2.37 bits per heavy atom. The van der Waals surface area contributed by atoms with Crippen LogP contribution in [0.5, 0.6) is 0 Å². The van der Waals surface area contributed by atoms with Gasteiger partial charge in [0, 0.05) is 0 Å². The van der Waals surface area contributed by atoms with Crippen LogP contribution in [-0.4, -0.2) is 68.4 Å². The molecule has 2 saturated heterocycles. The lowest BCUT2D eigenvalue weighted by Gasteiger charge is -2.38. The quantitative estimate of drug-likeness (QED) is 0.554. The first kappa shape index (κ1) is 22.3. The smallest absolute Gasteiger partial charge is 0.324 e. The van der Waals surface area contributed by atoms with Crippen LogP contribution in [0, 0.1) is 17.2 Å². The highest BCUT2D eigenvalue weighted by atomic mass is 28.4. The molecule has 27 heavy (non-hydrogen) atoms. The molecule has 2 rings (SSSR count). The Balaban J connectivity index is 2.28. The van der Waals surface area contributed by atoms with E-state index in [0.717, 1.165) is 5.06 Å². The van der Waals surface area contributed by atoms with E-state index in [2.05, 4.69) is 33.9 Å². The number of carbonyl (C=O) groups excluding carboxylic acids is 1. The minimum absolute atomic E-state index is 0.0121. The molecule has 8 nitrogen and oxygen atoms in total. The van der Waals surface area contributed by atoms with E-state index in [1.54, 1.807) is 13.8 Å². The monoisotopic (exact) mass is 400 g/mol. The van der Waals surface area contributed by atoms with E-state index >= 15 is 0 Å². The van der Waals surface area contributed by atoms with Crippen LogP contribution in [0.2, 0.25) is 18.1 Å². The molecule has 2 fully saturated rings. The lowest BCUT2D eigenvalue weighted by Crippen LogP contribution is -2.50. The molecule has 0 aromatic carbocycles. The number of nitrogens with zero attached hydrogens (tertiary/aromatic N) is 2. The summed E-state index contributed by atoms with van der Waals surface area (Å²) < 4.78 is 22.9. The third-order valence-corrected chi connectivity index (χ3v) is 10.4. The Hall–Kier alpha value is -1.02. The van der Waals surface area contributed by atoms with Gasteiger partial charge in [-0.3, -0.25) is 4.79 Å². The van der Waals surface area contributed by atoms with Crippen molar-refractivity contribution in [1.82, 2.24) is 5.06 Å². The average molecular weight is 401 g/mol. The maximum atomic E-state index is 12.1. The number of hydrogen-bond acceptors (Lipinski definition) is 8. The molecule has 5 atom stereocenters. The molecule has 9 heteroatoms. The first-order valence-corrected chi connectivity index (χ1v) is 12.1. The van der Waals surface area contributed by atoms with Crippen molar-refractivity contribution < 1.29 is 28.6 Å². The molecule has 0 aliphatic carbocycles. The predicted molar refractivity (Wildman–Crippen MR) is 99.3 cm³/mol. The van der Waals surface area contributed by atoms with Crippen molar-refractivity contribution in [2.45, 2.75) is 82.8 Å². The van der Waals surface area contributed by atoms with Crippen molar-refractivity contribution in [3.63, 3.8) is 0 Å². The minimum Gasteiger partial charge on any atom is -0.468 e. The summed E-state index contributed by atoms with van der Waals surface area (Å²) in [6.07, 6.45) is -1.15. The van der Waals surface area contributed by atoms with Gasteiger partial charge < -0.3 is 23.8 Å². The number of fused-ring (bicyclic) bond motifs is 1. The molecule has 0 amide bonds. The molecule has 0 aromatic rings. The van der Waals surface area contributed by atoms with Gasteiger partial charge in [-0.05, 0) is 32.0 Å². The van der Waals surface area contributed by atoms with Crippen molar-refractivity contribution in [3.8, 4) is 6.07 Å². The van der Waals surface area contributed by atoms with Crippen molar-refractivity contribution in [1.29, 1.82) is 5.26 Å². The lowest BCUT2D eigenvalue weighted by molar-refractivity contribution is -0.225. The summed E-state index contributed by atoms with van der Waals surface area (Å²) in [6.45, 7) is 14.4. The number of carbonyl (C=O) groups is 1. The summed E-state index contributed by atoms with van der Waals surface area (Å²) in [7, 11) is -0.842. The molecule has 0 spiro atoms. The van der Waals surface area contributed by atoms with Crippen LogP contribution in [-0.2, 0) is 23.4 Å². The highest BCUT2D eigenvalue weighted by Crippen LogP contribution is 2.43. The average Bonchev–Trinajstić information content (AvgIpc) is 2.96. The van der Waals surface area contributed by atoms with E-state index in [0.29, 0.717) is 0 Å². The molecule has 0 bridgehead atoms. The Morgan fingerprint density at radius 1 is 1.33 bits per heavy atom. The van der Waals surface area contributed by atoms with Crippen LogP contribution >= 0.6 is 0 Å². The van der Waals surface area contributed by atoms with Crippen molar-refractivity contribution in [2.24, 2.45) is 5.92 Å². The van der Waals surface area contributed by atoms with Gasteiger partial charge in [0.05, 0.1) is 31.9 Å². The third-order valence-electron chi connectivity index (χ3n) is 5.88. The van der Waals surface area contributed by atoms with E-state index in [-0.39, 0.29) is 11.6 Å². The Morgan fingerprint density at radius 2 is 1.89 bits per heavy atom. The van der Waals surface area contributed by atoms with Gasteiger partial charge in [-0.1, -0.05) is 20.8 Å². The lowest BCUT2D eigenvalue weighted by atomic mass is 9.96. The minimum atomic E-state index is -2.06. The number of esters is 1. The standard InChI is InChI=1S/C18H32N2O6Si/c1-17(2,3)27(7,8)24-10-12-14-15(26-18(4,5)25-14)13(20(12)22)11(9-19)16(21)23-6/h11-15,22H,10H2,1-8H3/t11?,12-,13?,14-,15+/m1/s1. The molecule has 2 aliphatic heterocycles. The summed E-state index contributed by atoms with van der Waals surface area (Å²) in [5.41, 5.74) is 0. The first-order valence-electron chi connectivity index (χ1n) is 9.20. The number of nitriles is 1. The zero-order valence-electron chi connectivity index (χ0n) is 17.5. The first-order chi connectivity index (χ1) is 12.3. The predicted octanol–water partition coefficient (Wildman–Crippen LogP) is 2.28. The van der Waals surface area contributed by atoms with Crippen LogP contribution in [0.4, 0.5) is 0 Å². The molecule has 2 aliphatic rings. The van der Waals surface area contributed by atoms with Gasteiger partial charge in [0.2, 0.25) is 0 Å². The van der Waals surface area contributed by atoms with Gasteiger partial charge in [-0.25, -0.2) is 0 Å². The van der Waals surface area contributed by atoms with E-state index in [1.807, 2.05) is 6.07 Å². The van der Waals surface area contributed by atoms with Crippen LogP contribution in [0.15, 0.2) is 0 Å². The van der Waals surface area contributed by atoms with E-state index in [4.69, 9.17) is 18.6 Å². The Kier molecular flexibility index (Phi) is 6.12. The largest absolute Gasteiger partial charge is 0.468 e. The number of hydroxylamine groups is 2. The van der Waals surface area contributed by atoms with E-state index in [1.165, 1.54) is 7.11 Å². The van der Waals surface area contributed by atoms with Crippen LogP contribution < -0.4 is 0 Å². The summed E-state index contributed by atoms with van der Waals surface area (Å²) in [5, 5.41) is 21.3. The molecule has 0 radical (unpaired) electrons. The second-order valence-electron chi connectivity index (χ2n) is 9.20. The van der Waals surface area contributed by atoms with Crippen molar-refractivity contribution in [2.75, 3.05) is 13.7 Å². The molecule has 2 unspecified atom stereocenters. The molecule has 1 N–H and O–H groups in total. The van der Waals surface area contributed by atoms with Crippen LogP contribution in [0.25, 0.3) is 0 Å². The second kappa shape index (κ2) is 7.42. The van der Waals surface area contributed by atoms with Gasteiger partial charge in [-0.15, -0.1) is 0 Å². The number of methoxy groups -OCH3 is 1. The van der Waals surface area contributed by atoms with Crippen molar-refractivity contribution in [3.05, 3.63) is 0 Å². The highest BCUT2D eigenvalue weighted by molar-refractivity contribution is 6.74. The van der Waals surface area contributed by atoms with Crippen LogP contribution in [0.1, 0.15) is 34.6 Å². The van der Waals surface area contributed by atoms with Gasteiger partial charge in [-0.2, -0.15) is 10.3 Å². The number of hydrogen-bond donors (Lipinski definition) is 1. The topological polar surface area (TPSA) is 101 Å². The van der Waals surface area contributed by atoms with E-state index < -0.39 is 50.3 Å². The summed E-state index contributed by atoms with van der Waals surface area (Å²) >= 11 is 0. The Bertz CT molecular complexity index is 612. The third kappa shape index (κ3) is 4.21. The van der Waals surface area contributed by atoms with Gasteiger partial charge in [0.15, 0.2) is 20.0 Å². The van der Waals surface area contributed by atoms with Gasteiger partial charge in [0.1, 0.15) is 12.2 Å². The highest BCUT2D eigenvalue weighted by Gasteiger charge is 2.61. The summed E-state index contributed by atoms with van der Waals surface area (Å²) in [6, 6.07) is 0.507. The molecule has 0 aromatic heterocycles.